The second kappa shape index (κ2) is 18.4. The molecule has 0 saturated carbocycles. The van der Waals surface area contributed by atoms with E-state index in [2.05, 4.69) is 149 Å². The monoisotopic (exact) mass is 638 g/mol. The van der Waals surface area contributed by atoms with Crippen LogP contribution in [0.3, 0.4) is 0 Å². The molecule has 1 unspecified atom stereocenters. The Morgan fingerprint density at radius 3 is 1.66 bits per heavy atom. The molecule has 0 bridgehead atoms. The fourth-order valence-electron chi connectivity index (χ4n) is 4.57. The van der Waals surface area contributed by atoms with Gasteiger partial charge in [-0.15, -0.1) is 6.92 Å². The SMILES string of the molecule is CC(C)(C)C(C=Cc1ccc(C(C)(C)C)cc1)=C(Oc1ccccc1)c1ccccc1.CC1=[C-]C(C)C(C)=C1C.C[SiH]C.[Ti]. The third-order valence-corrected chi connectivity index (χ3v) is 7.51. The average Bonchev–Trinajstić information content (AvgIpc) is 3.18. The summed E-state index contributed by atoms with van der Waals surface area (Å²) in [6.45, 7) is 26.5. The first-order valence-electron chi connectivity index (χ1n) is 15.5. The second-order valence-electron chi connectivity index (χ2n) is 13.4. The Morgan fingerprint density at radius 1 is 0.773 bits per heavy atom. The van der Waals surface area contributed by atoms with Crippen molar-refractivity contribution in [3.05, 3.63) is 136 Å². The normalized spacial score (nSPS) is 15.3. The third-order valence-electron chi connectivity index (χ3n) is 7.51. The Balaban J connectivity index is 0.000000626. The van der Waals surface area contributed by atoms with Gasteiger partial charge in [0.1, 0.15) is 11.5 Å². The number of allylic oxidation sites excluding steroid dienone is 6. The van der Waals surface area contributed by atoms with Crippen LogP contribution in [0.15, 0.2) is 113 Å². The molecule has 0 fully saturated rings. The molecule has 3 aromatic carbocycles. The minimum atomic E-state index is -0.0954. The largest absolute Gasteiger partial charge is 0.456 e. The van der Waals surface area contributed by atoms with E-state index in [-0.39, 0.29) is 32.5 Å². The van der Waals surface area contributed by atoms with Gasteiger partial charge < -0.3 is 4.74 Å². The van der Waals surface area contributed by atoms with Crippen LogP contribution in [-0.2, 0) is 27.1 Å². The molecule has 0 saturated heterocycles. The first-order chi connectivity index (χ1) is 20.2. The Hall–Kier alpha value is -2.65. The van der Waals surface area contributed by atoms with Crippen molar-refractivity contribution < 1.29 is 26.5 Å². The molecular weight excluding hydrogens is 584 g/mol. The summed E-state index contributed by atoms with van der Waals surface area (Å²) in [6.07, 6.45) is 7.75. The molecule has 1 atom stereocenters. The number of hydrogen-bond acceptors (Lipinski definition) is 1. The van der Waals surface area contributed by atoms with E-state index in [1.54, 1.807) is 0 Å². The molecule has 44 heavy (non-hydrogen) atoms. The Morgan fingerprint density at radius 2 is 1.27 bits per heavy atom. The molecule has 0 aromatic heterocycles. The summed E-state index contributed by atoms with van der Waals surface area (Å²) in [7, 11) is 0.750. The van der Waals surface area contributed by atoms with E-state index >= 15 is 0 Å². The van der Waals surface area contributed by atoms with E-state index in [0.717, 1.165) is 32.2 Å². The zero-order valence-electron chi connectivity index (χ0n) is 29.3. The number of rotatable bonds is 5. The van der Waals surface area contributed by atoms with Crippen molar-refractivity contribution in [1.29, 1.82) is 0 Å². The fraction of sp³-hybridized carbons (Fsp3) is 0.366. The van der Waals surface area contributed by atoms with Crippen molar-refractivity contribution in [2.75, 3.05) is 0 Å². The summed E-state index contributed by atoms with van der Waals surface area (Å²) in [5.41, 5.74) is 9.06. The van der Waals surface area contributed by atoms with Crippen LogP contribution in [0, 0.1) is 17.4 Å². The molecule has 4 rings (SSSR count). The van der Waals surface area contributed by atoms with Crippen molar-refractivity contribution in [2.24, 2.45) is 11.3 Å². The van der Waals surface area contributed by atoms with Gasteiger partial charge in [-0.2, -0.15) is 11.1 Å². The van der Waals surface area contributed by atoms with Crippen molar-refractivity contribution in [3.8, 4) is 5.75 Å². The van der Waals surface area contributed by atoms with E-state index in [0.29, 0.717) is 5.92 Å². The van der Waals surface area contributed by atoms with Crippen LogP contribution in [0.4, 0.5) is 0 Å². The molecule has 1 aliphatic carbocycles. The Labute approximate surface area is 287 Å². The van der Waals surface area contributed by atoms with Crippen LogP contribution in [0.5, 0.6) is 5.75 Å². The van der Waals surface area contributed by atoms with Gasteiger partial charge in [-0.25, -0.2) is 5.57 Å². The van der Waals surface area contributed by atoms with Gasteiger partial charge in [0.25, 0.3) is 0 Å². The van der Waals surface area contributed by atoms with Crippen LogP contribution in [0.2, 0.25) is 13.1 Å². The smallest absolute Gasteiger partial charge is 0.138 e. The van der Waals surface area contributed by atoms with Crippen molar-refractivity contribution in [3.63, 3.8) is 0 Å². The maximum Gasteiger partial charge on any atom is 0.138 e. The number of benzene rings is 3. The molecular formula is C41H54OSiTi-. The van der Waals surface area contributed by atoms with E-state index in [4.69, 9.17) is 4.74 Å². The van der Waals surface area contributed by atoms with E-state index in [9.17, 15) is 0 Å². The first-order valence-corrected chi connectivity index (χ1v) is 17.8. The predicted molar refractivity (Wildman–Crippen MR) is 193 cm³/mol. The van der Waals surface area contributed by atoms with Gasteiger partial charge in [0.15, 0.2) is 0 Å². The first kappa shape index (κ1) is 39.4. The van der Waals surface area contributed by atoms with Crippen LogP contribution in [0.25, 0.3) is 11.8 Å². The van der Waals surface area contributed by atoms with Crippen LogP contribution in [-0.4, -0.2) is 9.52 Å². The van der Waals surface area contributed by atoms with E-state index < -0.39 is 0 Å². The second-order valence-corrected chi connectivity index (χ2v) is 14.5. The molecule has 1 nitrogen and oxygen atoms in total. The molecule has 0 spiro atoms. The zero-order chi connectivity index (χ0) is 32.2. The predicted octanol–water partition coefficient (Wildman–Crippen LogP) is 11.8. The number of hydrogen-bond donors (Lipinski definition) is 0. The van der Waals surface area contributed by atoms with Gasteiger partial charge in [-0.1, -0.05) is 166 Å². The molecule has 3 heteroatoms. The van der Waals surface area contributed by atoms with Crippen LogP contribution in [0.1, 0.15) is 85.9 Å². The molecule has 0 heterocycles. The molecule has 1 aliphatic rings. The van der Waals surface area contributed by atoms with Gasteiger partial charge >= 0.3 is 0 Å². The Bertz CT molecular complexity index is 1400. The summed E-state index contributed by atoms with van der Waals surface area (Å²) in [5, 5.41) is 0. The summed E-state index contributed by atoms with van der Waals surface area (Å²) in [4.78, 5) is 0. The quantitative estimate of drug-likeness (QED) is 0.117. The summed E-state index contributed by atoms with van der Waals surface area (Å²) in [6, 6.07) is 29.2. The zero-order valence-corrected chi connectivity index (χ0v) is 32.0. The maximum atomic E-state index is 6.47. The standard InChI is InChI=1S/C30H34O.C9H13.C2H7Si.Ti/c1-29(2,3)25-20-17-23(18-21-25)19-22-27(30(4,5)6)28(24-13-9-7-10-14-24)31-26-15-11-8-12-16-26;1-6-5-7(2)9(4)8(6)3;1-3-2;/h7-22H,1-6H3;6H,1-4H3;3H,1-2H3;/q;-1;;. The molecule has 1 radical (unpaired) electrons. The minimum Gasteiger partial charge on any atom is -0.456 e. The van der Waals surface area contributed by atoms with Crippen LogP contribution >= 0.6 is 0 Å². The van der Waals surface area contributed by atoms with Gasteiger partial charge in [0.05, 0.1) is 0 Å². The number of para-hydroxylation sites is 1. The third kappa shape index (κ3) is 12.4. The molecule has 0 N–H and O–H groups in total. The number of ether oxygens (including phenoxy) is 1. The van der Waals surface area contributed by atoms with Gasteiger partial charge in [0.2, 0.25) is 0 Å². The average molecular weight is 639 g/mol. The maximum absolute atomic E-state index is 6.47. The molecule has 0 aliphatic heterocycles. The van der Waals surface area contributed by atoms with Crippen molar-refractivity contribution in [1.82, 2.24) is 0 Å². The van der Waals surface area contributed by atoms with Crippen LogP contribution < -0.4 is 4.74 Å². The van der Waals surface area contributed by atoms with E-state index in [1.165, 1.54) is 27.8 Å². The molecule has 233 valence electrons. The summed E-state index contributed by atoms with van der Waals surface area (Å²) >= 11 is 0. The minimum absolute atomic E-state index is 0. The molecule has 0 amide bonds. The van der Waals surface area contributed by atoms with Crippen molar-refractivity contribution >= 4 is 21.4 Å². The topological polar surface area (TPSA) is 9.23 Å². The fourth-order valence-corrected chi connectivity index (χ4v) is 4.57. The molecule has 3 aromatic rings. The van der Waals surface area contributed by atoms with Gasteiger partial charge in [0, 0.05) is 42.4 Å². The Kier molecular flexibility index (Phi) is 16.4. The van der Waals surface area contributed by atoms with Gasteiger partial charge in [-0.05, 0) is 34.1 Å². The van der Waals surface area contributed by atoms with E-state index in [1.807, 2.05) is 36.4 Å². The summed E-state index contributed by atoms with van der Waals surface area (Å²) in [5.74, 6) is 2.29. The van der Waals surface area contributed by atoms with Crippen molar-refractivity contribution in [2.45, 2.75) is 87.7 Å². The summed E-state index contributed by atoms with van der Waals surface area (Å²) < 4.78 is 6.47. The van der Waals surface area contributed by atoms with Gasteiger partial charge in [-0.3, -0.25) is 6.08 Å².